The zero-order valence-electron chi connectivity index (χ0n) is 33.1. The third-order valence-electron chi connectivity index (χ3n) is 10.0. The predicted molar refractivity (Wildman–Crippen MR) is 243 cm³/mol. The van der Waals surface area contributed by atoms with Crippen molar-refractivity contribution in [3.05, 3.63) is 255 Å². The van der Waals surface area contributed by atoms with Gasteiger partial charge in [-0.3, -0.25) is 0 Å². The maximum atomic E-state index is 2.32. The number of hydrogen-bond donors (Lipinski definition) is 0. The van der Waals surface area contributed by atoms with Crippen LogP contribution in [0.1, 0.15) is 23.2 Å². The Morgan fingerprint density at radius 3 is 0.825 bits per heavy atom. The van der Waals surface area contributed by atoms with Gasteiger partial charge in [0.1, 0.15) is 0 Å². The second-order valence-electron chi connectivity index (χ2n) is 14.3. The second kappa shape index (κ2) is 21.6. The molecule has 0 aromatic heterocycles. The van der Waals surface area contributed by atoms with E-state index in [0.717, 1.165) is 0 Å². The van der Waals surface area contributed by atoms with Crippen molar-refractivity contribution in [2.45, 2.75) is 12.1 Å². The Bertz CT molecular complexity index is 1770. The van der Waals surface area contributed by atoms with Gasteiger partial charge in [-0.05, 0) is 115 Å². The molecule has 2 fully saturated rings. The third kappa shape index (κ3) is 10.6. The van der Waals surface area contributed by atoms with Crippen LogP contribution in [0, 0.1) is 61.7 Å². The van der Waals surface area contributed by atoms with E-state index in [0.29, 0.717) is 0 Å². The molecule has 2 atom stereocenters. The van der Waals surface area contributed by atoms with Crippen molar-refractivity contribution in [2.24, 2.45) is 0 Å². The van der Waals surface area contributed by atoms with Crippen LogP contribution in [0.25, 0.3) is 0 Å². The Hall–Kier alpha value is -3.38. The molecule has 0 aliphatic heterocycles. The summed E-state index contributed by atoms with van der Waals surface area (Å²) in [6.07, 6.45) is 13.7. The van der Waals surface area contributed by atoms with E-state index in [1.165, 1.54) is 55.5 Å². The first kappa shape index (κ1) is 43.2. The van der Waals surface area contributed by atoms with Crippen LogP contribution >= 0.6 is 15.8 Å². The fourth-order valence-electron chi connectivity index (χ4n) is 7.66. The summed E-state index contributed by atoms with van der Waals surface area (Å²) in [5.74, 6) is 2.80. The molecule has 2 nitrogen and oxygen atoms in total. The average molecular weight is 821 g/mol. The summed E-state index contributed by atoms with van der Waals surface area (Å²) in [6.45, 7) is 0. The van der Waals surface area contributed by atoms with E-state index in [2.05, 4.69) is 259 Å². The summed E-state index contributed by atoms with van der Waals surface area (Å²) in [4.78, 5) is 4.63. The molecule has 57 heavy (non-hydrogen) atoms. The Balaban J connectivity index is 0.000000189. The molecule has 0 unspecified atom stereocenters. The van der Waals surface area contributed by atoms with Gasteiger partial charge in [-0.25, -0.2) is 0 Å². The minimum atomic E-state index is -0.604. The zero-order chi connectivity index (χ0) is 38.7. The molecule has 0 N–H and O–H groups in total. The fourth-order valence-corrected chi connectivity index (χ4v) is 12.6. The maximum absolute atomic E-state index is 2.32. The Morgan fingerprint density at radius 1 is 0.333 bits per heavy atom. The number of benzene rings is 6. The molecule has 0 bridgehead atoms. The summed E-state index contributed by atoms with van der Waals surface area (Å²) in [7, 11) is 7.47. The molecule has 0 heterocycles. The summed E-state index contributed by atoms with van der Waals surface area (Å²) in [5.41, 5.74) is 5.54. The molecule has 8 rings (SSSR count). The first-order valence-corrected chi connectivity index (χ1v) is 21.9. The van der Waals surface area contributed by atoms with E-state index in [1.807, 2.05) is 0 Å². The van der Waals surface area contributed by atoms with Gasteiger partial charge in [-0.2, -0.15) is 0 Å². The smallest absolute Gasteiger partial charge is 0.0417 e. The largest absolute Gasteiger partial charge is 0.302 e. The van der Waals surface area contributed by atoms with Gasteiger partial charge >= 0.3 is 0 Å². The van der Waals surface area contributed by atoms with Gasteiger partial charge in [0.2, 0.25) is 0 Å². The van der Waals surface area contributed by atoms with Crippen molar-refractivity contribution in [3.8, 4) is 0 Å². The van der Waals surface area contributed by atoms with Gasteiger partial charge in [0.25, 0.3) is 0 Å². The Labute approximate surface area is 357 Å². The molecule has 6 aromatic rings. The molecule has 6 aromatic carbocycles. The van der Waals surface area contributed by atoms with Crippen molar-refractivity contribution < 1.29 is 17.1 Å². The molecule has 286 valence electrons. The van der Waals surface area contributed by atoms with Crippen molar-refractivity contribution in [1.29, 1.82) is 0 Å². The summed E-state index contributed by atoms with van der Waals surface area (Å²) in [5, 5.41) is 5.56. The van der Waals surface area contributed by atoms with E-state index >= 15 is 0 Å². The van der Waals surface area contributed by atoms with Gasteiger partial charge in [-0.1, -0.05) is 182 Å². The molecule has 2 aliphatic carbocycles. The minimum Gasteiger partial charge on any atom is -0.302 e. The quantitative estimate of drug-likeness (QED) is 0.0897. The SMILES string of the molecule is CN(C)[C@@H]([C]1[CH][CH][CH][C]1P(c1ccccc1)c1ccccc1)c1ccccc1.CN(C)[C@@H]([C]1[CH][CH][CH][C]1P(c1ccccc1)c1ccccc1)c1ccccc1.[Fe]. The number of hydrogen-bond acceptors (Lipinski definition) is 2. The van der Waals surface area contributed by atoms with Crippen LogP contribution in [0.5, 0.6) is 0 Å². The minimum absolute atomic E-state index is 0. The first-order valence-electron chi connectivity index (χ1n) is 19.3. The number of nitrogens with zero attached hydrogens (tertiary/aromatic N) is 2. The van der Waals surface area contributed by atoms with Crippen LogP contribution in [-0.2, 0) is 17.1 Å². The summed E-state index contributed by atoms with van der Waals surface area (Å²) >= 11 is 0. The fraction of sp³-hybridized carbons (Fsp3) is 0.115. The second-order valence-corrected chi connectivity index (χ2v) is 18.7. The topological polar surface area (TPSA) is 6.48 Å². The molecule has 0 saturated heterocycles. The maximum Gasteiger partial charge on any atom is 0.0417 e. The van der Waals surface area contributed by atoms with E-state index in [-0.39, 0.29) is 29.2 Å². The van der Waals surface area contributed by atoms with Gasteiger partial charge in [0.05, 0.1) is 0 Å². The van der Waals surface area contributed by atoms with E-state index in [4.69, 9.17) is 0 Å². The van der Waals surface area contributed by atoms with Crippen LogP contribution in [0.4, 0.5) is 0 Å². The van der Waals surface area contributed by atoms with E-state index < -0.39 is 15.8 Å². The molecule has 2 saturated carbocycles. The van der Waals surface area contributed by atoms with Crippen LogP contribution in [-0.4, -0.2) is 38.0 Å². The van der Waals surface area contributed by atoms with Gasteiger partial charge in [0.15, 0.2) is 0 Å². The van der Waals surface area contributed by atoms with Crippen molar-refractivity contribution in [1.82, 2.24) is 9.80 Å². The van der Waals surface area contributed by atoms with Crippen molar-refractivity contribution >= 4 is 37.1 Å². The van der Waals surface area contributed by atoms with Crippen molar-refractivity contribution in [2.75, 3.05) is 28.2 Å². The summed E-state index contributed by atoms with van der Waals surface area (Å²) < 4.78 is 0. The molecule has 0 spiro atoms. The molecule has 0 amide bonds. The zero-order valence-corrected chi connectivity index (χ0v) is 36.0. The van der Waals surface area contributed by atoms with E-state index in [9.17, 15) is 0 Å². The van der Waals surface area contributed by atoms with Crippen LogP contribution < -0.4 is 21.2 Å². The van der Waals surface area contributed by atoms with Crippen molar-refractivity contribution in [3.63, 3.8) is 0 Å². The molecule has 10 radical (unpaired) electrons. The van der Waals surface area contributed by atoms with E-state index in [1.54, 1.807) is 0 Å². The molecule has 2 aliphatic rings. The number of rotatable bonds is 12. The monoisotopic (exact) mass is 820 g/mol. The summed E-state index contributed by atoms with van der Waals surface area (Å²) in [6, 6.07) is 65.8. The Morgan fingerprint density at radius 2 is 0.579 bits per heavy atom. The van der Waals surface area contributed by atoms with Crippen LogP contribution in [0.3, 0.4) is 0 Å². The molecular weight excluding hydrogens is 770 g/mol. The van der Waals surface area contributed by atoms with Crippen LogP contribution in [0.15, 0.2) is 182 Å². The van der Waals surface area contributed by atoms with Gasteiger partial charge in [0, 0.05) is 52.3 Å². The molecule has 5 heteroatoms. The normalized spacial score (nSPS) is 16.4. The Kier molecular flexibility index (Phi) is 16.4. The average Bonchev–Trinajstić information content (AvgIpc) is 3.91. The predicted octanol–water partition coefficient (Wildman–Crippen LogP) is 10.3. The first-order chi connectivity index (χ1) is 27.5. The third-order valence-corrected chi connectivity index (χ3v) is 15.1. The molecular formula is C52H50FeN2P2. The van der Waals surface area contributed by atoms with Crippen LogP contribution in [0.2, 0.25) is 0 Å². The van der Waals surface area contributed by atoms with Gasteiger partial charge < -0.3 is 9.80 Å². The van der Waals surface area contributed by atoms with Gasteiger partial charge in [-0.15, -0.1) is 0 Å². The standard InChI is InChI=1S/2C26H25NP.Fe/c2*1-27(2)26(21-13-6-3-7-14-21)24-19-12-20-25(24)28(22-15-8-4-9-16-22)23-17-10-5-11-18-23;/h2*3-20,26H,1-2H3;/t2*26-;/m11./s1.